The Morgan fingerprint density at radius 3 is 2.88 bits per heavy atom. The van der Waals surface area contributed by atoms with Crippen molar-refractivity contribution in [2.45, 2.75) is 39.2 Å². The molecule has 2 heterocycles. The van der Waals surface area contributed by atoms with Gasteiger partial charge in [-0.15, -0.1) is 11.3 Å². The lowest BCUT2D eigenvalue weighted by Crippen LogP contribution is -2.18. The Labute approximate surface area is 149 Å². The third-order valence-electron chi connectivity index (χ3n) is 4.82. The molecule has 0 saturated carbocycles. The Bertz CT molecular complexity index is 977. The van der Waals surface area contributed by atoms with Crippen molar-refractivity contribution < 1.29 is 4.39 Å². The number of fused-ring (bicyclic) bond motifs is 3. The van der Waals surface area contributed by atoms with Gasteiger partial charge in [-0.25, -0.2) is 9.37 Å². The summed E-state index contributed by atoms with van der Waals surface area (Å²) < 4.78 is 13.0. The normalized spacial score (nSPS) is 18.1. The maximum absolute atomic E-state index is 13.0. The molecule has 1 aromatic carbocycles. The van der Waals surface area contributed by atoms with Gasteiger partial charge in [0.25, 0.3) is 5.56 Å². The van der Waals surface area contributed by atoms with Crippen molar-refractivity contribution in [1.29, 1.82) is 0 Å². The number of H-pyrrole nitrogens is 1. The van der Waals surface area contributed by atoms with Gasteiger partial charge < -0.3 is 10.3 Å². The summed E-state index contributed by atoms with van der Waals surface area (Å²) in [6, 6.07) is 5.98. The van der Waals surface area contributed by atoms with Crippen LogP contribution in [0.5, 0.6) is 0 Å². The molecule has 1 aliphatic carbocycles. The van der Waals surface area contributed by atoms with Crippen LogP contribution >= 0.6 is 11.3 Å². The van der Waals surface area contributed by atoms with Gasteiger partial charge in [0.15, 0.2) is 0 Å². The quantitative estimate of drug-likeness (QED) is 0.729. The first kappa shape index (κ1) is 16.3. The minimum Gasteiger partial charge on any atom is -0.375 e. The van der Waals surface area contributed by atoms with Crippen LogP contribution in [0, 0.1) is 11.7 Å². The molecule has 0 radical (unpaired) electrons. The van der Waals surface area contributed by atoms with Crippen molar-refractivity contribution >= 4 is 27.2 Å². The van der Waals surface area contributed by atoms with Crippen LogP contribution in [-0.4, -0.2) is 9.97 Å². The Kier molecular flexibility index (Phi) is 4.07. The SMILES string of the molecule is C[C@@H]1CCc2c(sc3nc([C@@H](C)Nc4ccc(F)cc4)[nH]c(=O)c23)C1. The highest BCUT2D eigenvalue weighted by Crippen LogP contribution is 2.35. The zero-order valence-electron chi connectivity index (χ0n) is 14.2. The second kappa shape index (κ2) is 6.26. The molecule has 0 fully saturated rings. The lowest BCUT2D eigenvalue weighted by atomic mass is 9.89. The molecule has 0 saturated heterocycles. The Morgan fingerprint density at radius 1 is 1.36 bits per heavy atom. The van der Waals surface area contributed by atoms with Crippen LogP contribution in [-0.2, 0) is 12.8 Å². The largest absolute Gasteiger partial charge is 0.375 e. The van der Waals surface area contributed by atoms with Crippen LogP contribution in [0.1, 0.15) is 42.6 Å². The fourth-order valence-electron chi connectivity index (χ4n) is 3.44. The molecule has 0 spiro atoms. The number of aromatic nitrogens is 2. The molecule has 2 N–H and O–H groups in total. The summed E-state index contributed by atoms with van der Waals surface area (Å²) in [5.74, 6) is 0.996. The molecule has 0 amide bonds. The highest BCUT2D eigenvalue weighted by atomic mass is 32.1. The van der Waals surface area contributed by atoms with Crippen molar-refractivity contribution in [2.24, 2.45) is 5.92 Å². The van der Waals surface area contributed by atoms with E-state index in [9.17, 15) is 9.18 Å². The van der Waals surface area contributed by atoms with Crippen LogP contribution in [0.4, 0.5) is 10.1 Å². The van der Waals surface area contributed by atoms with E-state index in [2.05, 4.69) is 17.2 Å². The van der Waals surface area contributed by atoms with Crippen molar-refractivity contribution in [3.8, 4) is 0 Å². The molecule has 4 nitrogen and oxygen atoms in total. The zero-order valence-corrected chi connectivity index (χ0v) is 15.0. The van der Waals surface area contributed by atoms with Crippen LogP contribution in [0.15, 0.2) is 29.1 Å². The maximum atomic E-state index is 13.0. The van der Waals surface area contributed by atoms with Gasteiger partial charge in [0.1, 0.15) is 16.5 Å². The van der Waals surface area contributed by atoms with Crippen LogP contribution in [0.25, 0.3) is 10.2 Å². The highest BCUT2D eigenvalue weighted by molar-refractivity contribution is 7.18. The number of aryl methyl sites for hydroxylation is 1. The van der Waals surface area contributed by atoms with E-state index in [1.54, 1.807) is 23.5 Å². The fraction of sp³-hybridized carbons (Fsp3) is 0.368. The molecule has 3 aromatic rings. The van der Waals surface area contributed by atoms with Crippen molar-refractivity contribution in [2.75, 3.05) is 5.32 Å². The first-order valence-corrected chi connectivity index (χ1v) is 9.39. The summed E-state index contributed by atoms with van der Waals surface area (Å²) in [7, 11) is 0. The monoisotopic (exact) mass is 357 g/mol. The molecule has 0 aliphatic heterocycles. The number of rotatable bonds is 3. The average Bonchev–Trinajstić information content (AvgIpc) is 2.94. The van der Waals surface area contributed by atoms with Crippen LogP contribution in [0.2, 0.25) is 0 Å². The molecule has 2 aromatic heterocycles. The minimum atomic E-state index is -0.274. The number of benzene rings is 1. The van der Waals surface area contributed by atoms with Gasteiger partial charge in [-0.2, -0.15) is 0 Å². The molecule has 1 aliphatic rings. The average molecular weight is 357 g/mol. The molecule has 4 rings (SSSR count). The zero-order chi connectivity index (χ0) is 17.6. The number of aromatic amines is 1. The standard InChI is InChI=1S/C19H20FN3OS/c1-10-3-8-14-15(9-10)25-19-16(14)18(24)22-17(23-19)11(2)21-13-6-4-12(20)5-7-13/h4-7,10-11,21H,3,8-9H2,1-2H3,(H,22,23,24)/t10-,11-/m1/s1. The van der Waals surface area contributed by atoms with E-state index in [1.165, 1.54) is 22.6 Å². The van der Waals surface area contributed by atoms with E-state index in [0.717, 1.165) is 35.2 Å². The number of nitrogens with one attached hydrogen (secondary N) is 2. The second-order valence-electron chi connectivity index (χ2n) is 6.86. The minimum absolute atomic E-state index is 0.0557. The molecule has 2 atom stereocenters. The number of anilines is 1. The topological polar surface area (TPSA) is 57.8 Å². The predicted octanol–water partition coefficient (Wildman–Crippen LogP) is 4.42. The van der Waals surface area contributed by atoms with Gasteiger partial charge in [0, 0.05) is 10.6 Å². The van der Waals surface area contributed by atoms with E-state index in [4.69, 9.17) is 4.98 Å². The van der Waals surface area contributed by atoms with Crippen molar-refractivity contribution in [3.05, 3.63) is 56.7 Å². The third-order valence-corrected chi connectivity index (χ3v) is 5.97. The Hall–Kier alpha value is -2.21. The lowest BCUT2D eigenvalue weighted by molar-refractivity contribution is 0.509. The fourth-order valence-corrected chi connectivity index (χ4v) is 4.83. The smallest absolute Gasteiger partial charge is 0.259 e. The predicted molar refractivity (Wildman–Crippen MR) is 99.9 cm³/mol. The summed E-state index contributed by atoms with van der Waals surface area (Å²) in [5, 5.41) is 4.02. The molecule has 6 heteroatoms. The van der Waals surface area contributed by atoms with Gasteiger partial charge in [-0.05, 0) is 61.9 Å². The first-order chi connectivity index (χ1) is 12.0. The molecule has 0 bridgehead atoms. The number of halogens is 1. The van der Waals surface area contributed by atoms with E-state index in [0.29, 0.717) is 11.7 Å². The second-order valence-corrected chi connectivity index (χ2v) is 7.94. The summed E-state index contributed by atoms with van der Waals surface area (Å²) in [6.07, 6.45) is 3.13. The maximum Gasteiger partial charge on any atom is 0.259 e. The van der Waals surface area contributed by atoms with Gasteiger partial charge >= 0.3 is 0 Å². The molecular weight excluding hydrogens is 337 g/mol. The van der Waals surface area contributed by atoms with Crippen LogP contribution in [0.3, 0.4) is 0 Å². The number of hydrogen-bond acceptors (Lipinski definition) is 4. The van der Waals surface area contributed by atoms with Crippen molar-refractivity contribution in [3.63, 3.8) is 0 Å². The van der Waals surface area contributed by atoms with E-state index >= 15 is 0 Å². The Balaban J connectivity index is 1.68. The highest BCUT2D eigenvalue weighted by Gasteiger charge is 2.23. The van der Waals surface area contributed by atoms with E-state index in [-0.39, 0.29) is 17.4 Å². The van der Waals surface area contributed by atoms with Gasteiger partial charge in [-0.1, -0.05) is 6.92 Å². The summed E-state index contributed by atoms with van der Waals surface area (Å²) >= 11 is 1.65. The van der Waals surface area contributed by atoms with Crippen LogP contribution < -0.4 is 10.9 Å². The van der Waals surface area contributed by atoms with E-state index < -0.39 is 0 Å². The molecule has 25 heavy (non-hydrogen) atoms. The summed E-state index contributed by atoms with van der Waals surface area (Å²) in [4.78, 5) is 22.4. The van der Waals surface area contributed by atoms with Gasteiger partial charge in [0.2, 0.25) is 0 Å². The molecule has 0 unspecified atom stereocenters. The lowest BCUT2D eigenvalue weighted by Gasteiger charge is -2.17. The van der Waals surface area contributed by atoms with Gasteiger partial charge in [-0.3, -0.25) is 4.79 Å². The third kappa shape index (κ3) is 3.06. The molecule has 130 valence electrons. The summed E-state index contributed by atoms with van der Waals surface area (Å²) in [5.41, 5.74) is 1.92. The molecular formula is C19H20FN3OS. The Morgan fingerprint density at radius 2 is 2.12 bits per heavy atom. The first-order valence-electron chi connectivity index (χ1n) is 8.58. The number of thiophene rings is 1. The van der Waals surface area contributed by atoms with Crippen molar-refractivity contribution in [1.82, 2.24) is 9.97 Å². The summed E-state index contributed by atoms with van der Waals surface area (Å²) in [6.45, 7) is 4.19. The number of hydrogen-bond donors (Lipinski definition) is 2. The number of nitrogens with zero attached hydrogens (tertiary/aromatic N) is 1. The van der Waals surface area contributed by atoms with E-state index in [1.807, 2.05) is 6.92 Å². The van der Waals surface area contributed by atoms with Gasteiger partial charge in [0.05, 0.1) is 11.4 Å².